The Morgan fingerprint density at radius 1 is 1.33 bits per heavy atom. The first kappa shape index (κ1) is 12.2. The minimum absolute atomic E-state index is 0.607. The van der Waals surface area contributed by atoms with Crippen molar-refractivity contribution in [1.29, 1.82) is 0 Å². The molecule has 18 heavy (non-hydrogen) atoms. The summed E-state index contributed by atoms with van der Waals surface area (Å²) in [5.74, 6) is 0. The van der Waals surface area contributed by atoms with Gasteiger partial charge < -0.3 is 5.32 Å². The van der Waals surface area contributed by atoms with E-state index in [4.69, 9.17) is 0 Å². The number of nitrogens with one attached hydrogen (secondary N) is 1. The lowest BCUT2D eigenvalue weighted by molar-refractivity contribution is 0.140. The molecule has 2 heterocycles. The third-order valence-corrected chi connectivity index (χ3v) is 4.83. The lowest BCUT2D eigenvalue weighted by Gasteiger charge is -2.37. The van der Waals surface area contributed by atoms with E-state index in [1.54, 1.807) is 0 Å². The molecule has 1 aromatic heterocycles. The second-order valence-electron chi connectivity index (χ2n) is 5.34. The molecule has 0 saturated carbocycles. The molecule has 96 valence electrons. The summed E-state index contributed by atoms with van der Waals surface area (Å²) in [6, 6.07) is 12.3. The van der Waals surface area contributed by atoms with Crippen LogP contribution in [0.25, 0.3) is 10.1 Å². The van der Waals surface area contributed by atoms with Crippen molar-refractivity contribution < 1.29 is 0 Å². The van der Waals surface area contributed by atoms with Crippen LogP contribution < -0.4 is 5.32 Å². The van der Waals surface area contributed by atoms with Gasteiger partial charge in [-0.1, -0.05) is 18.2 Å². The Morgan fingerprint density at radius 2 is 2.17 bits per heavy atom. The molecule has 0 amide bonds. The molecular formula is C15H20N2S. The van der Waals surface area contributed by atoms with E-state index in [-0.39, 0.29) is 0 Å². The second-order valence-corrected chi connectivity index (χ2v) is 6.51. The van der Waals surface area contributed by atoms with Crippen LogP contribution in [0.3, 0.4) is 0 Å². The average molecular weight is 260 g/mol. The molecule has 0 aliphatic carbocycles. The normalized spacial score (nSPS) is 25.7. The fraction of sp³-hybridized carbons (Fsp3) is 0.467. The van der Waals surface area contributed by atoms with Crippen molar-refractivity contribution >= 4 is 21.4 Å². The van der Waals surface area contributed by atoms with Crippen LogP contribution in [0, 0.1) is 0 Å². The molecule has 3 rings (SSSR count). The fourth-order valence-electron chi connectivity index (χ4n) is 2.63. The number of nitrogens with zero attached hydrogens (tertiary/aromatic N) is 1. The summed E-state index contributed by atoms with van der Waals surface area (Å²) >= 11 is 1.93. The molecule has 1 fully saturated rings. The molecule has 1 aliphatic heterocycles. The Morgan fingerprint density at radius 3 is 3.00 bits per heavy atom. The Hall–Kier alpha value is -0.900. The number of hydrogen-bond donors (Lipinski definition) is 1. The molecule has 0 bridgehead atoms. The highest BCUT2D eigenvalue weighted by atomic mass is 32.1. The van der Waals surface area contributed by atoms with E-state index in [2.05, 4.69) is 54.4 Å². The van der Waals surface area contributed by atoms with Gasteiger partial charge in [0.15, 0.2) is 0 Å². The van der Waals surface area contributed by atoms with Crippen molar-refractivity contribution in [3.8, 4) is 0 Å². The first-order valence-electron chi connectivity index (χ1n) is 6.67. The minimum atomic E-state index is 0.607. The average Bonchev–Trinajstić information content (AvgIpc) is 2.76. The van der Waals surface area contributed by atoms with Crippen LogP contribution in [0.4, 0.5) is 0 Å². The van der Waals surface area contributed by atoms with E-state index in [0.29, 0.717) is 12.1 Å². The predicted octanol–water partition coefficient (Wildman–Crippen LogP) is 3.08. The number of hydrogen-bond acceptors (Lipinski definition) is 3. The third kappa shape index (κ3) is 2.44. The maximum atomic E-state index is 3.54. The summed E-state index contributed by atoms with van der Waals surface area (Å²) in [6.07, 6.45) is 0. The number of piperazine rings is 1. The SMILES string of the molecule is CC1CN(Cc2cc3ccccc3s2)C(C)CN1. The summed E-state index contributed by atoms with van der Waals surface area (Å²) in [5, 5.41) is 4.92. The molecule has 2 atom stereocenters. The first-order valence-corrected chi connectivity index (χ1v) is 7.49. The molecule has 3 heteroatoms. The Balaban J connectivity index is 1.78. The summed E-state index contributed by atoms with van der Waals surface area (Å²) in [7, 11) is 0. The van der Waals surface area contributed by atoms with Gasteiger partial charge in [-0.2, -0.15) is 0 Å². The molecule has 2 aromatic rings. The highest BCUT2D eigenvalue weighted by Gasteiger charge is 2.22. The largest absolute Gasteiger partial charge is 0.311 e. The van der Waals surface area contributed by atoms with Crippen molar-refractivity contribution in [1.82, 2.24) is 10.2 Å². The molecule has 0 spiro atoms. The highest BCUT2D eigenvalue weighted by molar-refractivity contribution is 7.19. The van der Waals surface area contributed by atoms with Gasteiger partial charge in [-0.05, 0) is 31.4 Å². The lowest BCUT2D eigenvalue weighted by atomic mass is 10.1. The van der Waals surface area contributed by atoms with E-state index in [1.807, 2.05) is 11.3 Å². The van der Waals surface area contributed by atoms with Gasteiger partial charge in [0.2, 0.25) is 0 Å². The zero-order chi connectivity index (χ0) is 12.5. The van der Waals surface area contributed by atoms with E-state index in [0.717, 1.165) is 19.6 Å². The minimum Gasteiger partial charge on any atom is -0.311 e. The first-order chi connectivity index (χ1) is 8.72. The molecule has 2 unspecified atom stereocenters. The number of rotatable bonds is 2. The number of benzene rings is 1. The van der Waals surface area contributed by atoms with Crippen LogP contribution in [0.2, 0.25) is 0 Å². The molecular weight excluding hydrogens is 240 g/mol. The molecule has 1 N–H and O–H groups in total. The van der Waals surface area contributed by atoms with Gasteiger partial charge in [0.25, 0.3) is 0 Å². The third-order valence-electron chi connectivity index (χ3n) is 3.73. The van der Waals surface area contributed by atoms with E-state index < -0.39 is 0 Å². The van der Waals surface area contributed by atoms with Crippen molar-refractivity contribution in [2.45, 2.75) is 32.5 Å². The summed E-state index contributed by atoms with van der Waals surface area (Å²) in [5.41, 5.74) is 0. The molecule has 1 aromatic carbocycles. The highest BCUT2D eigenvalue weighted by Crippen LogP contribution is 2.27. The lowest BCUT2D eigenvalue weighted by Crippen LogP contribution is -2.53. The van der Waals surface area contributed by atoms with Crippen LogP contribution in [-0.2, 0) is 6.54 Å². The number of fused-ring (bicyclic) bond motifs is 1. The monoisotopic (exact) mass is 260 g/mol. The van der Waals surface area contributed by atoms with Crippen molar-refractivity contribution in [3.63, 3.8) is 0 Å². The van der Waals surface area contributed by atoms with E-state index in [1.165, 1.54) is 15.0 Å². The summed E-state index contributed by atoms with van der Waals surface area (Å²) in [4.78, 5) is 4.07. The van der Waals surface area contributed by atoms with Crippen LogP contribution in [0.5, 0.6) is 0 Å². The zero-order valence-electron chi connectivity index (χ0n) is 11.0. The van der Waals surface area contributed by atoms with Crippen molar-refractivity contribution in [2.75, 3.05) is 13.1 Å². The van der Waals surface area contributed by atoms with E-state index >= 15 is 0 Å². The van der Waals surface area contributed by atoms with E-state index in [9.17, 15) is 0 Å². The van der Waals surface area contributed by atoms with Crippen LogP contribution in [-0.4, -0.2) is 30.1 Å². The topological polar surface area (TPSA) is 15.3 Å². The predicted molar refractivity (Wildman–Crippen MR) is 79.2 cm³/mol. The molecule has 2 nitrogen and oxygen atoms in total. The summed E-state index contributed by atoms with van der Waals surface area (Å²) in [6.45, 7) is 7.92. The standard InChI is InChI=1S/C15H20N2S/c1-11-9-17(12(2)8-16-11)10-14-7-13-5-3-4-6-15(13)18-14/h3-7,11-12,16H,8-10H2,1-2H3. The fourth-order valence-corrected chi connectivity index (χ4v) is 3.72. The smallest absolute Gasteiger partial charge is 0.0346 e. The van der Waals surface area contributed by atoms with Gasteiger partial charge in [-0.25, -0.2) is 0 Å². The quantitative estimate of drug-likeness (QED) is 0.892. The van der Waals surface area contributed by atoms with Crippen molar-refractivity contribution in [2.24, 2.45) is 0 Å². The van der Waals surface area contributed by atoms with Crippen LogP contribution in [0.15, 0.2) is 30.3 Å². The van der Waals surface area contributed by atoms with Crippen LogP contribution in [0.1, 0.15) is 18.7 Å². The number of thiophene rings is 1. The Labute approximate surface area is 113 Å². The molecule has 1 saturated heterocycles. The van der Waals surface area contributed by atoms with Crippen LogP contribution >= 0.6 is 11.3 Å². The van der Waals surface area contributed by atoms with Gasteiger partial charge in [0.1, 0.15) is 0 Å². The van der Waals surface area contributed by atoms with Gasteiger partial charge in [-0.3, -0.25) is 4.90 Å². The zero-order valence-corrected chi connectivity index (χ0v) is 11.8. The Kier molecular flexibility index (Phi) is 3.37. The summed E-state index contributed by atoms with van der Waals surface area (Å²) < 4.78 is 1.41. The van der Waals surface area contributed by atoms with Gasteiger partial charge in [-0.15, -0.1) is 11.3 Å². The maximum Gasteiger partial charge on any atom is 0.0346 e. The Bertz CT molecular complexity index is 501. The maximum absolute atomic E-state index is 3.54. The van der Waals surface area contributed by atoms with Gasteiger partial charge in [0, 0.05) is 41.3 Å². The van der Waals surface area contributed by atoms with Gasteiger partial charge in [0.05, 0.1) is 0 Å². The van der Waals surface area contributed by atoms with Crippen molar-refractivity contribution in [3.05, 3.63) is 35.2 Å². The second kappa shape index (κ2) is 5.00. The molecule has 1 aliphatic rings. The molecule has 0 radical (unpaired) electrons. The van der Waals surface area contributed by atoms with Gasteiger partial charge >= 0.3 is 0 Å².